The van der Waals surface area contributed by atoms with Gasteiger partial charge < -0.3 is 4.74 Å². The van der Waals surface area contributed by atoms with Gasteiger partial charge in [-0.05, 0) is 6.42 Å². The zero-order chi connectivity index (χ0) is 14.8. The Labute approximate surface area is 131 Å². The molecule has 1 aliphatic heterocycles. The zero-order valence-electron chi connectivity index (χ0n) is 12.5. The molecule has 0 amide bonds. The molecule has 0 aromatic carbocycles. The maximum Gasteiger partial charge on any atom is 0.318 e. The van der Waals surface area contributed by atoms with Gasteiger partial charge in [0, 0.05) is 4.83 Å². The number of unbranched alkanes of at least 4 members (excludes halogenated alkanes) is 8. The van der Waals surface area contributed by atoms with Gasteiger partial charge in [0.05, 0.1) is 12.3 Å². The second kappa shape index (κ2) is 10.4. The second-order valence-electron chi connectivity index (χ2n) is 5.74. The normalized spacial score (nSPS) is 20.2. The predicted octanol–water partition coefficient (Wildman–Crippen LogP) is 4.76. The summed E-state index contributed by atoms with van der Waals surface area (Å²) in [7, 11) is 0. The molecule has 0 aliphatic carbocycles. The van der Waals surface area contributed by atoms with E-state index in [1.54, 1.807) is 0 Å². The highest BCUT2D eigenvalue weighted by Crippen LogP contribution is 2.28. The third kappa shape index (κ3) is 6.87. The van der Waals surface area contributed by atoms with Crippen LogP contribution in [-0.2, 0) is 14.3 Å². The van der Waals surface area contributed by atoms with Crippen LogP contribution in [0.25, 0.3) is 0 Å². The minimum Gasteiger partial charge on any atom is -0.393 e. The second-order valence-corrected chi connectivity index (χ2v) is 6.91. The van der Waals surface area contributed by atoms with Gasteiger partial charge in [-0.1, -0.05) is 80.6 Å². The molecule has 1 aliphatic rings. The fraction of sp³-hybridized carbons (Fsp3) is 0.875. The number of hydrogen-bond donors (Lipinski definition) is 0. The lowest BCUT2D eigenvalue weighted by molar-refractivity contribution is -0.153. The van der Waals surface area contributed by atoms with Crippen molar-refractivity contribution in [3.05, 3.63) is 0 Å². The molecule has 1 rings (SSSR count). The summed E-state index contributed by atoms with van der Waals surface area (Å²) >= 11 is 3.53. The summed E-state index contributed by atoms with van der Waals surface area (Å²) < 4.78 is 4.58. The van der Waals surface area contributed by atoms with Crippen molar-refractivity contribution in [2.45, 2.75) is 82.4 Å². The number of esters is 2. The quantitative estimate of drug-likeness (QED) is 0.234. The van der Waals surface area contributed by atoms with Crippen LogP contribution in [0.3, 0.4) is 0 Å². The molecule has 116 valence electrons. The van der Waals surface area contributed by atoms with E-state index in [1.807, 2.05) is 0 Å². The van der Waals surface area contributed by atoms with Crippen molar-refractivity contribution in [1.29, 1.82) is 0 Å². The van der Waals surface area contributed by atoms with E-state index in [4.69, 9.17) is 0 Å². The van der Waals surface area contributed by atoms with Gasteiger partial charge in [0.1, 0.15) is 0 Å². The number of alkyl halides is 1. The number of rotatable bonds is 11. The molecule has 0 saturated carbocycles. The number of cyclic esters (lactones) is 2. The lowest BCUT2D eigenvalue weighted by atomic mass is 9.98. The van der Waals surface area contributed by atoms with Crippen LogP contribution >= 0.6 is 15.9 Å². The van der Waals surface area contributed by atoms with E-state index in [0.717, 1.165) is 12.8 Å². The monoisotopic (exact) mass is 346 g/mol. The van der Waals surface area contributed by atoms with Crippen LogP contribution < -0.4 is 0 Å². The van der Waals surface area contributed by atoms with Crippen molar-refractivity contribution < 1.29 is 14.3 Å². The van der Waals surface area contributed by atoms with Gasteiger partial charge in [-0.2, -0.15) is 0 Å². The summed E-state index contributed by atoms with van der Waals surface area (Å²) in [5, 5.41) is 0. The molecule has 3 nitrogen and oxygen atoms in total. The van der Waals surface area contributed by atoms with E-state index in [2.05, 4.69) is 27.6 Å². The largest absolute Gasteiger partial charge is 0.393 e. The Morgan fingerprint density at radius 2 is 1.60 bits per heavy atom. The molecule has 2 unspecified atom stereocenters. The molecule has 0 aromatic rings. The maximum atomic E-state index is 11.4. The Kier molecular flexibility index (Phi) is 9.16. The Bertz CT molecular complexity index is 304. The van der Waals surface area contributed by atoms with E-state index >= 15 is 0 Å². The summed E-state index contributed by atoms with van der Waals surface area (Å²) in [5.41, 5.74) is 0. The molecule has 0 radical (unpaired) electrons. The van der Waals surface area contributed by atoms with E-state index < -0.39 is 0 Å². The van der Waals surface area contributed by atoms with Gasteiger partial charge in [0.15, 0.2) is 0 Å². The van der Waals surface area contributed by atoms with Crippen molar-refractivity contribution in [2.75, 3.05) is 0 Å². The Morgan fingerprint density at radius 1 is 1.05 bits per heavy atom. The summed E-state index contributed by atoms with van der Waals surface area (Å²) in [6, 6.07) is 0. The van der Waals surface area contributed by atoms with Crippen LogP contribution in [0.1, 0.15) is 77.6 Å². The predicted molar refractivity (Wildman–Crippen MR) is 83.8 cm³/mol. The van der Waals surface area contributed by atoms with Gasteiger partial charge in [0.2, 0.25) is 0 Å². The van der Waals surface area contributed by atoms with E-state index in [9.17, 15) is 9.59 Å². The maximum absolute atomic E-state index is 11.4. The Morgan fingerprint density at radius 3 is 2.10 bits per heavy atom. The standard InChI is InChI=1S/C16H27BrO3/c1-2-3-4-5-6-7-8-9-10-11-14(17)13-12-15(18)20-16(13)19/h13-14H,2-12H2,1H3. The average Bonchev–Trinajstić information content (AvgIpc) is 2.75. The molecule has 0 aromatic heterocycles. The molecular formula is C16H27BrO3. The van der Waals surface area contributed by atoms with Gasteiger partial charge in [0.25, 0.3) is 0 Å². The third-order valence-electron chi connectivity index (χ3n) is 3.92. The van der Waals surface area contributed by atoms with Crippen LogP contribution in [0.15, 0.2) is 0 Å². The van der Waals surface area contributed by atoms with Gasteiger partial charge in [-0.3, -0.25) is 9.59 Å². The van der Waals surface area contributed by atoms with Crippen molar-refractivity contribution in [3.63, 3.8) is 0 Å². The lowest BCUT2D eigenvalue weighted by Gasteiger charge is -2.12. The van der Waals surface area contributed by atoms with Crippen LogP contribution in [-0.4, -0.2) is 16.8 Å². The molecule has 2 atom stereocenters. The summed E-state index contributed by atoms with van der Waals surface area (Å²) in [5.74, 6) is -0.999. The minimum absolute atomic E-state index is 0.0889. The van der Waals surface area contributed by atoms with Crippen LogP contribution in [0.5, 0.6) is 0 Å². The van der Waals surface area contributed by atoms with Crippen molar-refractivity contribution in [3.8, 4) is 0 Å². The molecule has 0 N–H and O–H groups in total. The average molecular weight is 347 g/mol. The Hall–Kier alpha value is -0.380. The topological polar surface area (TPSA) is 43.4 Å². The van der Waals surface area contributed by atoms with E-state index in [1.165, 1.54) is 51.4 Å². The first kappa shape index (κ1) is 17.7. The van der Waals surface area contributed by atoms with Crippen molar-refractivity contribution in [1.82, 2.24) is 0 Å². The summed E-state index contributed by atoms with van der Waals surface area (Å²) in [6.07, 6.45) is 12.9. The summed E-state index contributed by atoms with van der Waals surface area (Å²) in [6.45, 7) is 2.24. The van der Waals surface area contributed by atoms with E-state index in [0.29, 0.717) is 0 Å². The number of carbonyl (C=O) groups is 2. The first-order chi connectivity index (χ1) is 9.65. The lowest BCUT2D eigenvalue weighted by Crippen LogP contribution is -2.19. The van der Waals surface area contributed by atoms with Crippen molar-refractivity contribution in [2.24, 2.45) is 5.92 Å². The van der Waals surface area contributed by atoms with Gasteiger partial charge in [-0.25, -0.2) is 0 Å². The fourth-order valence-electron chi connectivity index (χ4n) is 2.62. The zero-order valence-corrected chi connectivity index (χ0v) is 14.1. The first-order valence-electron chi connectivity index (χ1n) is 8.03. The molecule has 4 heteroatoms. The van der Waals surface area contributed by atoms with Crippen molar-refractivity contribution >= 4 is 27.9 Å². The number of carbonyl (C=O) groups excluding carboxylic acids is 2. The van der Waals surface area contributed by atoms with Crippen LogP contribution in [0.2, 0.25) is 0 Å². The molecule has 0 spiro atoms. The molecular weight excluding hydrogens is 320 g/mol. The number of hydrogen-bond acceptors (Lipinski definition) is 3. The number of halogens is 1. The number of ether oxygens (including phenoxy) is 1. The third-order valence-corrected chi connectivity index (χ3v) is 5.02. The molecule has 1 saturated heterocycles. The molecule has 20 heavy (non-hydrogen) atoms. The highest BCUT2D eigenvalue weighted by molar-refractivity contribution is 9.09. The van der Waals surface area contributed by atoms with Gasteiger partial charge >= 0.3 is 11.9 Å². The minimum atomic E-state index is -0.378. The highest BCUT2D eigenvalue weighted by atomic mass is 79.9. The summed E-state index contributed by atoms with van der Waals surface area (Å²) in [4.78, 5) is 22.5. The highest BCUT2D eigenvalue weighted by Gasteiger charge is 2.37. The molecule has 1 heterocycles. The smallest absolute Gasteiger partial charge is 0.318 e. The van der Waals surface area contributed by atoms with Crippen LogP contribution in [0, 0.1) is 5.92 Å². The fourth-order valence-corrected chi connectivity index (χ4v) is 3.35. The van der Waals surface area contributed by atoms with E-state index in [-0.39, 0.29) is 29.1 Å². The molecule has 0 bridgehead atoms. The van der Waals surface area contributed by atoms with Crippen LogP contribution in [0.4, 0.5) is 0 Å². The van der Waals surface area contributed by atoms with Gasteiger partial charge in [-0.15, -0.1) is 0 Å². The SMILES string of the molecule is CCCCCCCCCCCC(Br)C1CC(=O)OC1=O. The first-order valence-corrected chi connectivity index (χ1v) is 8.95. The molecule has 1 fully saturated rings. The Balaban J connectivity index is 1.96.